The van der Waals surface area contributed by atoms with E-state index in [1.807, 2.05) is 0 Å². The third-order valence-corrected chi connectivity index (χ3v) is 3.33. The fourth-order valence-electron chi connectivity index (χ4n) is 2.04. The minimum atomic E-state index is -1.08. The molecule has 0 aliphatic carbocycles. The first-order valence-electron chi connectivity index (χ1n) is 7.65. The van der Waals surface area contributed by atoms with Crippen LogP contribution in [0.15, 0.2) is 55.4 Å². The minimum Gasteiger partial charge on any atom is -0.493 e. The van der Waals surface area contributed by atoms with E-state index in [-0.39, 0.29) is 11.3 Å². The molecule has 0 N–H and O–H groups in total. The lowest BCUT2D eigenvalue weighted by molar-refractivity contribution is -0.143. The topological polar surface area (TPSA) is 74.7 Å². The van der Waals surface area contributed by atoms with E-state index < -0.39 is 18.0 Å². The molecule has 1 aromatic carbocycles. The second kappa shape index (κ2) is 8.63. The van der Waals surface area contributed by atoms with Crippen LogP contribution >= 0.6 is 0 Å². The lowest BCUT2D eigenvalue weighted by Gasteiger charge is -2.14. The Hall–Kier alpha value is -3.15. The van der Waals surface area contributed by atoms with Gasteiger partial charge in [-0.3, -0.25) is 4.98 Å². The van der Waals surface area contributed by atoms with Crippen LogP contribution in [0.3, 0.4) is 0 Å². The molecule has 2 rings (SSSR count). The summed E-state index contributed by atoms with van der Waals surface area (Å²) in [5.41, 5.74) is 1.23. The third-order valence-electron chi connectivity index (χ3n) is 3.33. The molecule has 0 amide bonds. The monoisotopic (exact) mass is 341 g/mol. The zero-order valence-corrected chi connectivity index (χ0v) is 14.1. The maximum atomic E-state index is 12.2. The normalized spacial score (nSPS) is 11.3. The zero-order chi connectivity index (χ0) is 18.2. The summed E-state index contributed by atoms with van der Waals surface area (Å²) in [6, 6.07) is 8.35. The maximum Gasteiger partial charge on any atom is 0.352 e. The van der Waals surface area contributed by atoms with Crippen LogP contribution in [0.2, 0.25) is 0 Å². The van der Waals surface area contributed by atoms with E-state index in [0.717, 1.165) is 5.56 Å². The van der Waals surface area contributed by atoms with Gasteiger partial charge in [-0.2, -0.15) is 0 Å². The minimum absolute atomic E-state index is 0.254. The van der Waals surface area contributed by atoms with Crippen molar-refractivity contribution in [1.82, 2.24) is 4.98 Å². The number of nitrogens with zero attached hydrogens (tertiary/aromatic N) is 1. The molecule has 0 aliphatic heterocycles. The maximum absolute atomic E-state index is 12.2. The molecule has 0 spiro atoms. The number of hydrogen-bond donors (Lipinski definition) is 0. The predicted octanol–water partition coefficient (Wildman–Crippen LogP) is 2.97. The quantitative estimate of drug-likeness (QED) is 0.438. The zero-order valence-electron chi connectivity index (χ0n) is 14.1. The van der Waals surface area contributed by atoms with Crippen LogP contribution in [0.5, 0.6) is 11.5 Å². The highest BCUT2D eigenvalue weighted by molar-refractivity contribution is 5.91. The number of ether oxygens (including phenoxy) is 3. The van der Waals surface area contributed by atoms with E-state index in [2.05, 4.69) is 11.6 Å². The number of hydrogen-bond acceptors (Lipinski definition) is 6. The molecule has 1 atom stereocenters. The number of carbonyl (C=O) groups is 2. The number of carbonyl (C=O) groups excluding carboxylic acids is 2. The molecular weight excluding hydrogens is 322 g/mol. The Morgan fingerprint density at radius 1 is 1.28 bits per heavy atom. The molecule has 0 radical (unpaired) electrons. The molecule has 6 nitrogen and oxygen atoms in total. The lowest BCUT2D eigenvalue weighted by atomic mass is 10.1. The summed E-state index contributed by atoms with van der Waals surface area (Å²) in [5, 5.41) is 0. The molecule has 1 heterocycles. The van der Waals surface area contributed by atoms with Crippen molar-refractivity contribution < 1.29 is 23.8 Å². The van der Waals surface area contributed by atoms with Crippen molar-refractivity contribution in [3.05, 3.63) is 66.5 Å². The Morgan fingerprint density at radius 3 is 2.72 bits per heavy atom. The highest BCUT2D eigenvalue weighted by Crippen LogP contribution is 2.28. The average Bonchev–Trinajstić information content (AvgIpc) is 2.63. The fraction of sp³-hybridized carbons (Fsp3) is 0.211. The predicted molar refractivity (Wildman–Crippen MR) is 91.6 cm³/mol. The summed E-state index contributed by atoms with van der Waals surface area (Å²) in [6.07, 6.45) is 4.26. The third kappa shape index (κ3) is 4.91. The van der Waals surface area contributed by atoms with Gasteiger partial charge in [0.15, 0.2) is 17.6 Å². The first-order valence-corrected chi connectivity index (χ1v) is 7.65. The molecule has 130 valence electrons. The fourth-order valence-corrected chi connectivity index (χ4v) is 2.04. The summed E-state index contributed by atoms with van der Waals surface area (Å²) < 4.78 is 15.6. The van der Waals surface area contributed by atoms with Gasteiger partial charge in [0.1, 0.15) is 0 Å². The van der Waals surface area contributed by atoms with Crippen molar-refractivity contribution in [3.8, 4) is 11.5 Å². The summed E-state index contributed by atoms with van der Waals surface area (Å²) >= 11 is 0. The van der Waals surface area contributed by atoms with Crippen molar-refractivity contribution in [2.24, 2.45) is 0 Å². The summed E-state index contributed by atoms with van der Waals surface area (Å²) in [6.45, 7) is 5.12. The number of esters is 2. The van der Waals surface area contributed by atoms with E-state index in [1.165, 1.54) is 26.4 Å². The van der Waals surface area contributed by atoms with Gasteiger partial charge in [0.05, 0.1) is 12.7 Å². The van der Waals surface area contributed by atoms with Gasteiger partial charge in [-0.25, -0.2) is 9.59 Å². The molecule has 2 aromatic rings. The van der Waals surface area contributed by atoms with Gasteiger partial charge in [0.25, 0.3) is 0 Å². The molecule has 1 unspecified atom stereocenters. The van der Waals surface area contributed by atoms with Crippen LogP contribution in [0.1, 0.15) is 22.8 Å². The lowest BCUT2D eigenvalue weighted by Crippen LogP contribution is -2.28. The number of rotatable bonds is 7. The van der Waals surface area contributed by atoms with Crippen LogP contribution in [0, 0.1) is 0 Å². The Bertz CT molecular complexity index is 758. The molecule has 25 heavy (non-hydrogen) atoms. The van der Waals surface area contributed by atoms with Gasteiger partial charge >= 0.3 is 11.9 Å². The van der Waals surface area contributed by atoms with Gasteiger partial charge in [-0.05, 0) is 43.2 Å². The Balaban J connectivity index is 2.03. The van der Waals surface area contributed by atoms with Crippen molar-refractivity contribution in [1.29, 1.82) is 0 Å². The van der Waals surface area contributed by atoms with Gasteiger partial charge in [-0.15, -0.1) is 6.58 Å². The van der Waals surface area contributed by atoms with Crippen LogP contribution in [0.25, 0.3) is 0 Å². The smallest absolute Gasteiger partial charge is 0.352 e. The summed E-state index contributed by atoms with van der Waals surface area (Å²) in [7, 11) is 1.48. The highest BCUT2D eigenvalue weighted by Gasteiger charge is 2.22. The number of aromatic nitrogens is 1. The SMILES string of the molecule is C=CCc1ccc(OC(=O)C(C)OC(=O)c2cccnc2)c(OC)c1. The molecule has 0 aliphatic rings. The second-order valence-corrected chi connectivity index (χ2v) is 5.19. The first-order chi connectivity index (χ1) is 12.0. The Labute approximate surface area is 146 Å². The van der Waals surface area contributed by atoms with Crippen LogP contribution in [-0.4, -0.2) is 30.1 Å². The van der Waals surface area contributed by atoms with Gasteiger partial charge in [0, 0.05) is 12.4 Å². The largest absolute Gasteiger partial charge is 0.493 e. The first kappa shape index (κ1) is 18.2. The molecule has 0 saturated heterocycles. The van der Waals surface area contributed by atoms with Crippen molar-refractivity contribution in [2.75, 3.05) is 7.11 Å². The van der Waals surface area contributed by atoms with Crippen LogP contribution < -0.4 is 9.47 Å². The number of pyridine rings is 1. The molecule has 6 heteroatoms. The highest BCUT2D eigenvalue weighted by atomic mass is 16.6. The van der Waals surface area contributed by atoms with E-state index in [4.69, 9.17) is 14.2 Å². The Morgan fingerprint density at radius 2 is 2.08 bits per heavy atom. The summed E-state index contributed by atoms with van der Waals surface area (Å²) in [5.74, 6) is -0.680. The van der Waals surface area contributed by atoms with Crippen LogP contribution in [-0.2, 0) is 16.0 Å². The van der Waals surface area contributed by atoms with Crippen molar-refractivity contribution in [3.63, 3.8) is 0 Å². The second-order valence-electron chi connectivity index (χ2n) is 5.19. The molecule has 0 bridgehead atoms. The molecular formula is C19H19NO5. The summed E-state index contributed by atoms with van der Waals surface area (Å²) in [4.78, 5) is 27.9. The van der Waals surface area contributed by atoms with E-state index >= 15 is 0 Å². The van der Waals surface area contributed by atoms with Gasteiger partial charge < -0.3 is 14.2 Å². The number of methoxy groups -OCH3 is 1. The number of allylic oxidation sites excluding steroid dienone is 1. The van der Waals surface area contributed by atoms with E-state index in [9.17, 15) is 9.59 Å². The van der Waals surface area contributed by atoms with Crippen molar-refractivity contribution >= 4 is 11.9 Å². The van der Waals surface area contributed by atoms with Crippen LogP contribution in [0.4, 0.5) is 0 Å². The molecule has 1 aromatic heterocycles. The Kier molecular flexibility index (Phi) is 6.28. The van der Waals surface area contributed by atoms with Gasteiger partial charge in [-0.1, -0.05) is 12.1 Å². The molecule has 0 fully saturated rings. The van der Waals surface area contributed by atoms with E-state index in [0.29, 0.717) is 12.2 Å². The van der Waals surface area contributed by atoms with Gasteiger partial charge in [0.2, 0.25) is 0 Å². The number of benzene rings is 1. The van der Waals surface area contributed by atoms with Crippen molar-refractivity contribution in [2.45, 2.75) is 19.4 Å². The molecule has 0 saturated carbocycles. The van der Waals surface area contributed by atoms with E-state index in [1.54, 1.807) is 36.4 Å². The standard InChI is InChI=1S/C19H19NO5/c1-4-6-14-8-9-16(17(11-14)23-3)25-18(21)13(2)24-19(22)15-7-5-10-20-12-15/h4-5,7-13H,1,6H2,2-3H3. The average molecular weight is 341 g/mol.